The molecule has 1 amide bonds. The van der Waals surface area contributed by atoms with E-state index in [9.17, 15) is 14.4 Å². The third kappa shape index (κ3) is 3.55. The van der Waals surface area contributed by atoms with Gasteiger partial charge in [-0.2, -0.15) is 0 Å². The number of carbonyl (C=O) groups is 1. The smallest absolute Gasteiger partial charge is 0.332 e. The minimum Gasteiger partial charge on any atom is -0.348 e. The minimum atomic E-state index is -0.466. The van der Waals surface area contributed by atoms with Crippen molar-refractivity contribution < 1.29 is 4.79 Å². The van der Waals surface area contributed by atoms with Gasteiger partial charge in [0.15, 0.2) is 11.2 Å². The van der Waals surface area contributed by atoms with Crippen molar-refractivity contribution in [2.45, 2.75) is 32.4 Å². The van der Waals surface area contributed by atoms with Crippen LogP contribution < -0.4 is 16.6 Å². The van der Waals surface area contributed by atoms with Crippen molar-refractivity contribution in [2.75, 3.05) is 0 Å². The fourth-order valence-corrected chi connectivity index (χ4v) is 3.21. The molecule has 0 unspecified atom stereocenters. The van der Waals surface area contributed by atoms with Gasteiger partial charge < -0.3 is 9.88 Å². The van der Waals surface area contributed by atoms with Gasteiger partial charge in [0.05, 0.1) is 12.4 Å². The molecule has 0 fully saturated rings. The molecule has 2 aromatic heterocycles. The number of hydrogen-bond acceptors (Lipinski definition) is 4. The third-order valence-electron chi connectivity index (χ3n) is 4.65. The number of nitrogens with one attached hydrogen (secondary N) is 1. The third-order valence-corrected chi connectivity index (χ3v) is 4.65. The summed E-state index contributed by atoms with van der Waals surface area (Å²) in [6.07, 6.45) is 3.16. The Morgan fingerprint density at radius 1 is 1.15 bits per heavy atom. The zero-order valence-electron chi connectivity index (χ0n) is 15.7. The fraction of sp³-hybridized carbons (Fsp3) is 0.368. The lowest BCUT2D eigenvalue weighted by Crippen LogP contribution is -2.38. The van der Waals surface area contributed by atoms with E-state index in [1.807, 2.05) is 30.3 Å². The number of aromatic nitrogens is 4. The monoisotopic (exact) mass is 369 g/mol. The summed E-state index contributed by atoms with van der Waals surface area (Å²) in [4.78, 5) is 41.2. The zero-order valence-corrected chi connectivity index (χ0v) is 15.7. The van der Waals surface area contributed by atoms with Crippen LogP contribution in [0.5, 0.6) is 0 Å². The quantitative estimate of drug-likeness (QED) is 0.704. The predicted octanol–water partition coefficient (Wildman–Crippen LogP) is 1.09. The minimum absolute atomic E-state index is 0.0447. The lowest BCUT2D eigenvalue weighted by atomic mass is 10.0. The molecule has 8 nitrogen and oxygen atoms in total. The Balaban J connectivity index is 1.88. The Labute approximate surface area is 156 Å². The number of carbonyl (C=O) groups excluding carboxylic acids is 1. The molecule has 142 valence electrons. The van der Waals surface area contributed by atoms with E-state index in [1.54, 1.807) is 7.05 Å². The molecule has 0 saturated carbocycles. The standard InChI is InChI=1S/C19H23N5O3/c1-4-8-14(13-9-6-5-7-10-13)21-15(25)11-24-12-20-17-16(24)18(26)23(3)19(27)22(17)2/h5-7,9-10,12,14H,4,8,11H2,1-3H3,(H,21,25)/t14-/m0/s1. The first-order valence-electron chi connectivity index (χ1n) is 8.89. The predicted molar refractivity (Wildman–Crippen MR) is 102 cm³/mol. The molecule has 27 heavy (non-hydrogen) atoms. The summed E-state index contributed by atoms with van der Waals surface area (Å²) < 4.78 is 3.80. The number of nitrogens with zero attached hydrogens (tertiary/aromatic N) is 4. The molecule has 0 spiro atoms. The van der Waals surface area contributed by atoms with Gasteiger partial charge in [0.2, 0.25) is 5.91 Å². The second kappa shape index (κ2) is 7.61. The highest BCUT2D eigenvalue weighted by Crippen LogP contribution is 2.18. The van der Waals surface area contributed by atoms with Crippen molar-refractivity contribution in [3.63, 3.8) is 0 Å². The molecule has 0 aliphatic heterocycles. The van der Waals surface area contributed by atoms with Crippen LogP contribution >= 0.6 is 0 Å². The van der Waals surface area contributed by atoms with Crippen molar-refractivity contribution in [2.24, 2.45) is 14.1 Å². The highest BCUT2D eigenvalue weighted by Gasteiger charge is 2.18. The molecule has 0 aliphatic carbocycles. The average Bonchev–Trinajstić information content (AvgIpc) is 3.08. The maximum atomic E-state index is 12.6. The van der Waals surface area contributed by atoms with Crippen LogP contribution in [0.25, 0.3) is 11.2 Å². The van der Waals surface area contributed by atoms with Crippen molar-refractivity contribution in [1.82, 2.24) is 24.0 Å². The van der Waals surface area contributed by atoms with Crippen molar-refractivity contribution >= 4 is 17.1 Å². The van der Waals surface area contributed by atoms with Crippen LogP contribution in [0.15, 0.2) is 46.2 Å². The first-order valence-corrected chi connectivity index (χ1v) is 8.89. The Kier molecular flexibility index (Phi) is 5.25. The lowest BCUT2D eigenvalue weighted by molar-refractivity contribution is -0.122. The summed E-state index contributed by atoms with van der Waals surface area (Å²) in [5.41, 5.74) is 0.632. The van der Waals surface area contributed by atoms with Crippen molar-refractivity contribution in [1.29, 1.82) is 0 Å². The number of fused-ring (bicyclic) bond motifs is 1. The number of aryl methyl sites for hydroxylation is 1. The SMILES string of the molecule is CCC[C@H](NC(=O)Cn1cnc2c1c(=O)n(C)c(=O)n2C)c1ccccc1. The summed E-state index contributed by atoms with van der Waals surface area (Å²) in [6, 6.07) is 9.70. The molecular weight excluding hydrogens is 346 g/mol. The number of benzene rings is 1. The van der Waals surface area contributed by atoms with Crippen LogP contribution in [0, 0.1) is 0 Å². The second-order valence-electron chi connectivity index (χ2n) is 6.57. The fourth-order valence-electron chi connectivity index (χ4n) is 3.21. The van der Waals surface area contributed by atoms with Crippen LogP contribution in [-0.2, 0) is 25.4 Å². The molecule has 1 N–H and O–H groups in total. The topological polar surface area (TPSA) is 90.9 Å². The zero-order chi connectivity index (χ0) is 19.6. The molecule has 3 rings (SSSR count). The summed E-state index contributed by atoms with van der Waals surface area (Å²) in [6.45, 7) is 2.02. The number of hydrogen-bond donors (Lipinski definition) is 1. The van der Waals surface area contributed by atoms with E-state index < -0.39 is 11.2 Å². The normalized spacial score (nSPS) is 12.3. The highest BCUT2D eigenvalue weighted by molar-refractivity contribution is 5.79. The maximum absolute atomic E-state index is 12.6. The van der Waals surface area contributed by atoms with Gasteiger partial charge in [-0.3, -0.25) is 18.7 Å². The number of imidazole rings is 1. The first kappa shape index (κ1) is 18.6. The molecule has 3 aromatic rings. The van der Waals surface area contributed by atoms with E-state index in [-0.39, 0.29) is 29.7 Å². The van der Waals surface area contributed by atoms with Gasteiger partial charge >= 0.3 is 5.69 Å². The summed E-state index contributed by atoms with van der Waals surface area (Å²) >= 11 is 0. The molecule has 2 heterocycles. The summed E-state index contributed by atoms with van der Waals surface area (Å²) in [7, 11) is 2.96. The number of amides is 1. The van der Waals surface area contributed by atoms with Gasteiger partial charge in [0.25, 0.3) is 5.56 Å². The molecule has 0 bridgehead atoms. The molecule has 1 aromatic carbocycles. The molecule has 0 saturated heterocycles. The van der Waals surface area contributed by atoms with E-state index >= 15 is 0 Å². The molecular formula is C19H23N5O3. The van der Waals surface area contributed by atoms with E-state index in [0.717, 1.165) is 23.0 Å². The highest BCUT2D eigenvalue weighted by atomic mass is 16.2. The van der Waals surface area contributed by atoms with E-state index in [2.05, 4.69) is 17.2 Å². The van der Waals surface area contributed by atoms with Gasteiger partial charge in [-0.05, 0) is 12.0 Å². The van der Waals surface area contributed by atoms with E-state index in [1.165, 1.54) is 22.5 Å². The average molecular weight is 369 g/mol. The van der Waals surface area contributed by atoms with Gasteiger partial charge in [-0.1, -0.05) is 43.7 Å². The Hall–Kier alpha value is -3.16. The molecule has 8 heteroatoms. The largest absolute Gasteiger partial charge is 0.348 e. The van der Waals surface area contributed by atoms with Crippen LogP contribution in [0.4, 0.5) is 0 Å². The molecule has 0 aliphatic rings. The number of rotatable bonds is 6. The Morgan fingerprint density at radius 2 is 1.85 bits per heavy atom. The lowest BCUT2D eigenvalue weighted by Gasteiger charge is -2.19. The second-order valence-corrected chi connectivity index (χ2v) is 6.57. The van der Waals surface area contributed by atoms with Crippen molar-refractivity contribution in [3.05, 3.63) is 63.1 Å². The first-order chi connectivity index (χ1) is 12.9. The van der Waals surface area contributed by atoms with Crippen LogP contribution in [0.3, 0.4) is 0 Å². The summed E-state index contributed by atoms with van der Waals surface area (Å²) in [5, 5.41) is 3.03. The summed E-state index contributed by atoms with van der Waals surface area (Å²) in [5.74, 6) is -0.215. The molecule has 1 atom stereocenters. The Bertz CT molecular complexity index is 1080. The van der Waals surface area contributed by atoms with Crippen LogP contribution in [-0.4, -0.2) is 24.6 Å². The van der Waals surface area contributed by atoms with Crippen molar-refractivity contribution in [3.8, 4) is 0 Å². The van der Waals surface area contributed by atoms with E-state index in [4.69, 9.17) is 0 Å². The van der Waals surface area contributed by atoms with Crippen LogP contribution in [0.2, 0.25) is 0 Å². The Morgan fingerprint density at radius 3 is 2.52 bits per heavy atom. The molecule has 0 radical (unpaired) electrons. The van der Waals surface area contributed by atoms with Gasteiger partial charge in [0.1, 0.15) is 6.54 Å². The maximum Gasteiger partial charge on any atom is 0.332 e. The van der Waals surface area contributed by atoms with E-state index in [0.29, 0.717) is 0 Å². The van der Waals surface area contributed by atoms with Crippen LogP contribution in [0.1, 0.15) is 31.4 Å². The van der Waals surface area contributed by atoms with Gasteiger partial charge in [0, 0.05) is 14.1 Å². The van der Waals surface area contributed by atoms with Gasteiger partial charge in [-0.15, -0.1) is 0 Å². The van der Waals surface area contributed by atoms with Gasteiger partial charge in [-0.25, -0.2) is 9.78 Å².